The van der Waals surface area contributed by atoms with Crippen LogP contribution in [0, 0.1) is 0 Å². The number of aromatic nitrogens is 1. The summed E-state index contributed by atoms with van der Waals surface area (Å²) in [5, 5.41) is 0. The van der Waals surface area contributed by atoms with Crippen molar-refractivity contribution in [3.63, 3.8) is 0 Å². The number of ether oxygens (including phenoxy) is 1. The lowest BCUT2D eigenvalue weighted by atomic mass is 9.79. The molecule has 5 heteroatoms. The Bertz CT molecular complexity index is 1020. The molecule has 1 aromatic heterocycles. The topological polar surface area (TPSA) is 39.2 Å². The first-order valence-corrected chi connectivity index (χ1v) is 13.6. The maximum Gasteiger partial charge on any atom is 0.306 e. The van der Waals surface area contributed by atoms with Crippen LogP contribution in [0.1, 0.15) is 78.0 Å². The van der Waals surface area contributed by atoms with Crippen LogP contribution in [-0.2, 0) is 26.8 Å². The highest BCUT2D eigenvalue weighted by Crippen LogP contribution is 2.32. The lowest BCUT2D eigenvalue weighted by molar-refractivity contribution is -0.148. The van der Waals surface area contributed by atoms with Gasteiger partial charge in [-0.05, 0) is 52.5 Å². The smallest absolute Gasteiger partial charge is 0.306 e. The van der Waals surface area contributed by atoms with Gasteiger partial charge >= 0.3 is 5.97 Å². The molecule has 0 aliphatic carbocycles. The van der Waals surface area contributed by atoms with E-state index in [0.29, 0.717) is 12.8 Å². The number of fused-ring (bicyclic) bond motifs is 1. The van der Waals surface area contributed by atoms with Crippen molar-refractivity contribution in [1.29, 1.82) is 0 Å². The van der Waals surface area contributed by atoms with Crippen molar-refractivity contribution >= 4 is 39.3 Å². The van der Waals surface area contributed by atoms with Crippen LogP contribution >= 0.6 is 23.1 Å². The first-order chi connectivity index (χ1) is 15.5. The summed E-state index contributed by atoms with van der Waals surface area (Å²) in [5.74, 6) is 0.612. The Hall–Kier alpha value is -1.85. The van der Waals surface area contributed by atoms with Crippen LogP contribution in [0.3, 0.4) is 0 Å². The molecule has 0 saturated heterocycles. The fraction of sp³-hybridized carbons (Fsp3) is 0.500. The summed E-state index contributed by atoms with van der Waals surface area (Å²) >= 11 is 3.37. The van der Waals surface area contributed by atoms with E-state index in [1.807, 2.05) is 18.2 Å². The zero-order valence-corrected chi connectivity index (χ0v) is 22.7. The number of carbonyl (C=O) groups is 1. The number of nitrogens with zero attached hydrogens (tertiary/aromatic N) is 1. The predicted octanol–water partition coefficient (Wildman–Crippen LogP) is 7.94. The Morgan fingerprint density at radius 1 is 1.03 bits per heavy atom. The van der Waals surface area contributed by atoms with Crippen LogP contribution in [0.15, 0.2) is 46.8 Å². The van der Waals surface area contributed by atoms with Crippen molar-refractivity contribution in [3.8, 4) is 0 Å². The lowest BCUT2D eigenvalue weighted by Crippen LogP contribution is -2.20. The van der Waals surface area contributed by atoms with Crippen molar-refractivity contribution in [1.82, 2.24) is 4.98 Å². The average Bonchev–Trinajstić information content (AvgIpc) is 3.16. The molecule has 0 radical (unpaired) electrons. The summed E-state index contributed by atoms with van der Waals surface area (Å²) in [6, 6.07) is 15.0. The van der Waals surface area contributed by atoms with Gasteiger partial charge in [0.25, 0.3) is 0 Å². The van der Waals surface area contributed by atoms with E-state index >= 15 is 0 Å². The molecule has 0 aliphatic heterocycles. The van der Waals surface area contributed by atoms with E-state index in [9.17, 15) is 4.79 Å². The van der Waals surface area contributed by atoms with E-state index in [-0.39, 0.29) is 22.9 Å². The van der Waals surface area contributed by atoms with Crippen LogP contribution < -0.4 is 0 Å². The molecule has 2 aromatic carbocycles. The molecule has 1 atom stereocenters. The summed E-state index contributed by atoms with van der Waals surface area (Å²) in [5.41, 5.74) is 5.01. The molecule has 3 aromatic rings. The van der Waals surface area contributed by atoms with Gasteiger partial charge in [-0.3, -0.25) is 4.79 Å². The van der Waals surface area contributed by atoms with Crippen LogP contribution in [-0.4, -0.2) is 22.8 Å². The third kappa shape index (κ3) is 7.31. The van der Waals surface area contributed by atoms with Crippen molar-refractivity contribution in [3.05, 3.63) is 59.2 Å². The summed E-state index contributed by atoms with van der Waals surface area (Å²) in [7, 11) is 0. The fourth-order valence-electron chi connectivity index (χ4n) is 3.51. The maximum atomic E-state index is 12.7. The number of rotatable bonds is 8. The minimum absolute atomic E-state index is 0.0711. The van der Waals surface area contributed by atoms with E-state index < -0.39 is 0 Å². The number of benzene rings is 2. The van der Waals surface area contributed by atoms with Crippen LogP contribution in [0.2, 0.25) is 0 Å². The Labute approximate surface area is 207 Å². The monoisotopic (exact) mass is 483 g/mol. The number of aryl methyl sites for hydroxylation is 1. The number of esters is 1. The second kappa shape index (κ2) is 10.6. The van der Waals surface area contributed by atoms with Crippen molar-refractivity contribution < 1.29 is 9.53 Å². The van der Waals surface area contributed by atoms with E-state index in [1.165, 1.54) is 21.4 Å². The molecule has 0 N–H and O–H groups in total. The van der Waals surface area contributed by atoms with Gasteiger partial charge in [0.2, 0.25) is 0 Å². The predicted molar refractivity (Wildman–Crippen MR) is 143 cm³/mol. The minimum atomic E-state index is -0.120. The molecule has 0 spiro atoms. The molecular formula is C28H37NO2S2. The molecule has 0 fully saturated rings. The van der Waals surface area contributed by atoms with E-state index in [0.717, 1.165) is 22.0 Å². The molecule has 1 unspecified atom stereocenters. The third-order valence-corrected chi connectivity index (χ3v) is 8.07. The van der Waals surface area contributed by atoms with E-state index in [1.54, 1.807) is 23.1 Å². The summed E-state index contributed by atoms with van der Waals surface area (Å²) in [6.45, 7) is 15.5. The van der Waals surface area contributed by atoms with Crippen molar-refractivity contribution in [2.45, 2.75) is 89.0 Å². The Morgan fingerprint density at radius 2 is 1.67 bits per heavy atom. The van der Waals surface area contributed by atoms with Gasteiger partial charge in [-0.25, -0.2) is 4.98 Å². The minimum Gasteiger partial charge on any atom is -0.461 e. The van der Waals surface area contributed by atoms with Crippen LogP contribution in [0.25, 0.3) is 10.2 Å². The zero-order valence-electron chi connectivity index (χ0n) is 21.0. The number of carbonyl (C=O) groups excluding carboxylic acids is 1. The second-order valence-electron chi connectivity index (χ2n) is 10.7. The van der Waals surface area contributed by atoms with Gasteiger partial charge < -0.3 is 4.74 Å². The van der Waals surface area contributed by atoms with Crippen LogP contribution in [0.4, 0.5) is 0 Å². The van der Waals surface area contributed by atoms with Gasteiger partial charge in [0.15, 0.2) is 4.34 Å². The zero-order chi connectivity index (χ0) is 24.2. The molecule has 0 amide bonds. The van der Waals surface area contributed by atoms with Crippen molar-refractivity contribution in [2.75, 3.05) is 5.75 Å². The quantitative estimate of drug-likeness (QED) is 0.241. The summed E-state index contributed by atoms with van der Waals surface area (Å²) in [4.78, 5) is 17.3. The molecule has 33 heavy (non-hydrogen) atoms. The highest BCUT2D eigenvalue weighted by atomic mass is 32.2. The number of para-hydroxylation sites is 1. The third-order valence-electron chi connectivity index (χ3n) is 5.76. The summed E-state index contributed by atoms with van der Waals surface area (Å²) in [6.07, 6.45) is 1.81. The number of thioether (sulfide) groups is 1. The Kier molecular flexibility index (Phi) is 8.28. The molecule has 1 heterocycles. The second-order valence-corrected chi connectivity index (χ2v) is 13.0. The fourth-order valence-corrected chi connectivity index (χ4v) is 5.71. The molecule has 0 aliphatic rings. The van der Waals surface area contributed by atoms with Crippen molar-refractivity contribution in [2.24, 2.45) is 0 Å². The largest absolute Gasteiger partial charge is 0.461 e. The molecule has 3 rings (SSSR count). The maximum absolute atomic E-state index is 12.7. The number of thiazole rings is 1. The number of hydrogen-bond acceptors (Lipinski definition) is 5. The lowest BCUT2D eigenvalue weighted by Gasteiger charge is -2.26. The Morgan fingerprint density at radius 3 is 2.24 bits per heavy atom. The molecule has 178 valence electrons. The number of hydrogen-bond donors (Lipinski definition) is 0. The first kappa shape index (κ1) is 25.8. The molecule has 0 bridgehead atoms. The van der Waals surface area contributed by atoms with Gasteiger partial charge in [-0.15, -0.1) is 11.3 Å². The first-order valence-electron chi connectivity index (χ1n) is 11.8. The van der Waals surface area contributed by atoms with Gasteiger partial charge in [-0.1, -0.05) is 90.6 Å². The van der Waals surface area contributed by atoms with E-state index in [2.05, 4.69) is 77.7 Å². The molecule has 3 nitrogen and oxygen atoms in total. The van der Waals surface area contributed by atoms with Gasteiger partial charge in [0.1, 0.15) is 6.10 Å². The van der Waals surface area contributed by atoms with E-state index in [4.69, 9.17) is 4.74 Å². The standard InChI is InChI=1S/C28H37NO2S2/c1-8-22(18-32-26-29-23-11-9-10-12-24(23)33-26)31-25(30)14-13-19-15-20(27(2,3)4)17-21(16-19)28(5,6)7/h9-12,15-17,22H,8,13-14,18H2,1-7H3. The average molecular weight is 484 g/mol. The van der Waals surface area contributed by atoms with Gasteiger partial charge in [-0.2, -0.15) is 0 Å². The Balaban J connectivity index is 1.59. The highest BCUT2D eigenvalue weighted by Gasteiger charge is 2.21. The normalized spacial score (nSPS) is 13.3. The molecule has 0 saturated carbocycles. The van der Waals surface area contributed by atoms with Crippen LogP contribution in [0.5, 0.6) is 0 Å². The van der Waals surface area contributed by atoms with Gasteiger partial charge in [0.05, 0.1) is 10.2 Å². The van der Waals surface area contributed by atoms with Gasteiger partial charge in [0, 0.05) is 12.2 Å². The SMILES string of the molecule is CCC(CSc1nc2ccccc2s1)OC(=O)CCc1cc(C(C)(C)C)cc(C(C)(C)C)c1. The summed E-state index contributed by atoms with van der Waals surface area (Å²) < 4.78 is 8.05. The molecular weight excluding hydrogens is 446 g/mol. The highest BCUT2D eigenvalue weighted by molar-refractivity contribution is 8.01.